The molecule has 72 valence electrons. The summed E-state index contributed by atoms with van der Waals surface area (Å²) in [7, 11) is 0. The highest BCUT2D eigenvalue weighted by Gasteiger charge is 2.65. The summed E-state index contributed by atoms with van der Waals surface area (Å²) in [6.45, 7) is 6.81. The van der Waals surface area contributed by atoms with E-state index in [0.717, 1.165) is 0 Å². The highest BCUT2D eigenvalue weighted by molar-refractivity contribution is 5.10. The Morgan fingerprint density at radius 2 is 1.50 bits per heavy atom. The van der Waals surface area contributed by atoms with Crippen molar-refractivity contribution in [3.63, 3.8) is 0 Å². The summed E-state index contributed by atoms with van der Waals surface area (Å²) in [5, 5.41) is 0. The maximum Gasteiger partial charge on any atom is 0.392 e. The van der Waals surface area contributed by atoms with Crippen LogP contribution in [0.1, 0.15) is 34.1 Å². The van der Waals surface area contributed by atoms with E-state index in [-0.39, 0.29) is 5.41 Å². The lowest BCUT2D eigenvalue weighted by atomic mass is 9.85. The first kappa shape index (κ1) is 9.87. The lowest BCUT2D eigenvalue weighted by Gasteiger charge is -2.25. The quantitative estimate of drug-likeness (QED) is 0.578. The van der Waals surface area contributed by atoms with Gasteiger partial charge in [-0.2, -0.15) is 13.2 Å². The van der Waals surface area contributed by atoms with E-state index in [1.807, 2.05) is 13.8 Å². The monoisotopic (exact) mass is 180 g/mol. The summed E-state index contributed by atoms with van der Waals surface area (Å²) >= 11 is 0. The van der Waals surface area contributed by atoms with Crippen LogP contribution in [0.15, 0.2) is 0 Å². The molecule has 0 N–H and O–H groups in total. The summed E-state index contributed by atoms with van der Waals surface area (Å²) < 4.78 is 37.0. The van der Waals surface area contributed by atoms with Gasteiger partial charge >= 0.3 is 6.18 Å². The molecule has 2 atom stereocenters. The fourth-order valence-electron chi connectivity index (χ4n) is 1.97. The first-order valence-electron chi connectivity index (χ1n) is 4.18. The van der Waals surface area contributed by atoms with Crippen LogP contribution in [0.2, 0.25) is 0 Å². The zero-order valence-corrected chi connectivity index (χ0v) is 7.92. The molecule has 0 spiro atoms. The maximum absolute atomic E-state index is 12.3. The van der Waals surface area contributed by atoms with Crippen LogP contribution in [0, 0.1) is 16.7 Å². The Morgan fingerprint density at radius 3 is 1.58 bits per heavy atom. The highest BCUT2D eigenvalue weighted by atomic mass is 19.4. The van der Waals surface area contributed by atoms with E-state index in [1.54, 1.807) is 6.92 Å². The van der Waals surface area contributed by atoms with Gasteiger partial charge < -0.3 is 0 Å². The van der Waals surface area contributed by atoms with Gasteiger partial charge in [0, 0.05) is 0 Å². The lowest BCUT2D eigenvalue weighted by molar-refractivity contribution is -0.189. The molecule has 1 aliphatic carbocycles. The van der Waals surface area contributed by atoms with Crippen molar-refractivity contribution in [3.8, 4) is 0 Å². The second-order valence-corrected chi connectivity index (χ2v) is 4.74. The fourth-order valence-corrected chi connectivity index (χ4v) is 1.97. The van der Waals surface area contributed by atoms with Crippen LogP contribution in [-0.4, -0.2) is 6.18 Å². The Kier molecular flexibility index (Phi) is 1.79. The molecule has 0 saturated heterocycles. The van der Waals surface area contributed by atoms with Crippen LogP contribution < -0.4 is 0 Å². The van der Waals surface area contributed by atoms with Crippen molar-refractivity contribution in [3.05, 3.63) is 0 Å². The molecule has 1 saturated carbocycles. The van der Waals surface area contributed by atoms with E-state index < -0.39 is 17.5 Å². The van der Waals surface area contributed by atoms with Crippen LogP contribution in [0.4, 0.5) is 13.2 Å². The van der Waals surface area contributed by atoms with Crippen molar-refractivity contribution in [2.75, 3.05) is 0 Å². The Bertz CT molecular complexity index is 192. The third-order valence-corrected chi connectivity index (χ3v) is 3.68. The van der Waals surface area contributed by atoms with E-state index in [2.05, 4.69) is 0 Å². The van der Waals surface area contributed by atoms with Crippen LogP contribution in [0.5, 0.6) is 0 Å². The normalized spacial score (nSPS) is 36.2. The molecule has 3 heteroatoms. The van der Waals surface area contributed by atoms with Crippen molar-refractivity contribution < 1.29 is 13.2 Å². The van der Waals surface area contributed by atoms with Crippen molar-refractivity contribution >= 4 is 0 Å². The first-order valence-corrected chi connectivity index (χ1v) is 4.18. The predicted octanol–water partition coefficient (Wildman–Crippen LogP) is 3.62. The molecule has 0 aromatic carbocycles. The molecule has 0 nitrogen and oxygen atoms in total. The SMILES string of the molecule is CC(C(F)(F)F)C1(C)CC1(C)C. The van der Waals surface area contributed by atoms with Crippen LogP contribution >= 0.6 is 0 Å². The molecular weight excluding hydrogens is 165 g/mol. The summed E-state index contributed by atoms with van der Waals surface area (Å²) in [4.78, 5) is 0. The third-order valence-electron chi connectivity index (χ3n) is 3.68. The van der Waals surface area contributed by atoms with Crippen molar-refractivity contribution in [1.29, 1.82) is 0 Å². The first-order chi connectivity index (χ1) is 5.11. The summed E-state index contributed by atoms with van der Waals surface area (Å²) in [6.07, 6.45) is -3.36. The second-order valence-electron chi connectivity index (χ2n) is 4.74. The van der Waals surface area contributed by atoms with Gasteiger partial charge in [0.25, 0.3) is 0 Å². The topological polar surface area (TPSA) is 0 Å². The molecule has 0 heterocycles. The van der Waals surface area contributed by atoms with Gasteiger partial charge in [0.05, 0.1) is 5.92 Å². The van der Waals surface area contributed by atoms with Crippen molar-refractivity contribution in [1.82, 2.24) is 0 Å². The van der Waals surface area contributed by atoms with Gasteiger partial charge in [0.15, 0.2) is 0 Å². The third kappa shape index (κ3) is 1.23. The number of rotatable bonds is 1. The molecule has 0 amide bonds. The van der Waals surface area contributed by atoms with Crippen LogP contribution in [-0.2, 0) is 0 Å². The molecule has 12 heavy (non-hydrogen) atoms. The minimum absolute atomic E-state index is 0.137. The van der Waals surface area contributed by atoms with Crippen LogP contribution in [0.3, 0.4) is 0 Å². The summed E-state index contributed by atoms with van der Waals surface area (Å²) in [6, 6.07) is 0. The molecular formula is C9H15F3. The standard InChI is InChI=1S/C9H15F3/c1-6(9(10,11)12)8(4)5-7(8,2)3/h6H,5H2,1-4H3. The van der Waals surface area contributed by atoms with E-state index in [1.165, 1.54) is 6.92 Å². The zero-order valence-electron chi connectivity index (χ0n) is 7.92. The average molecular weight is 180 g/mol. The Hall–Kier alpha value is -0.210. The number of hydrogen-bond acceptors (Lipinski definition) is 0. The fraction of sp³-hybridized carbons (Fsp3) is 1.00. The smallest absolute Gasteiger partial charge is 0.171 e. The summed E-state index contributed by atoms with van der Waals surface area (Å²) in [5.41, 5.74) is -0.673. The van der Waals surface area contributed by atoms with Crippen molar-refractivity contribution in [2.45, 2.75) is 40.3 Å². The molecule has 0 bridgehead atoms. The molecule has 2 unspecified atom stereocenters. The number of hydrogen-bond donors (Lipinski definition) is 0. The molecule has 0 aromatic rings. The van der Waals surface area contributed by atoms with Gasteiger partial charge in [-0.1, -0.05) is 27.7 Å². The van der Waals surface area contributed by atoms with E-state index in [9.17, 15) is 13.2 Å². The average Bonchev–Trinajstić information content (AvgIpc) is 2.30. The van der Waals surface area contributed by atoms with Gasteiger partial charge in [-0.25, -0.2) is 0 Å². The van der Waals surface area contributed by atoms with Gasteiger partial charge in [-0.05, 0) is 17.3 Å². The molecule has 1 rings (SSSR count). The largest absolute Gasteiger partial charge is 0.392 e. The molecule has 0 aliphatic heterocycles. The summed E-state index contributed by atoms with van der Waals surface area (Å²) in [5.74, 6) is -1.18. The van der Waals surface area contributed by atoms with Gasteiger partial charge in [0.1, 0.15) is 0 Å². The van der Waals surface area contributed by atoms with E-state index in [0.29, 0.717) is 6.42 Å². The number of halogens is 3. The van der Waals surface area contributed by atoms with E-state index >= 15 is 0 Å². The van der Waals surface area contributed by atoms with E-state index in [4.69, 9.17) is 0 Å². The highest BCUT2D eigenvalue weighted by Crippen LogP contribution is 2.69. The van der Waals surface area contributed by atoms with Crippen molar-refractivity contribution in [2.24, 2.45) is 16.7 Å². The molecule has 1 fully saturated rings. The zero-order chi connectivity index (χ0) is 9.78. The second kappa shape index (κ2) is 2.18. The Morgan fingerprint density at radius 1 is 1.17 bits per heavy atom. The minimum atomic E-state index is -4.04. The van der Waals surface area contributed by atoms with Gasteiger partial charge in [-0.3, -0.25) is 0 Å². The number of alkyl halides is 3. The van der Waals surface area contributed by atoms with Crippen LogP contribution in [0.25, 0.3) is 0 Å². The Balaban J connectivity index is 2.75. The molecule has 0 radical (unpaired) electrons. The molecule has 0 aromatic heterocycles. The maximum atomic E-state index is 12.3. The Labute approximate surface area is 71.1 Å². The predicted molar refractivity (Wildman–Crippen MR) is 41.7 cm³/mol. The molecule has 1 aliphatic rings. The minimum Gasteiger partial charge on any atom is -0.171 e. The van der Waals surface area contributed by atoms with Gasteiger partial charge in [-0.15, -0.1) is 0 Å². The van der Waals surface area contributed by atoms with Gasteiger partial charge in [0.2, 0.25) is 0 Å². The lowest BCUT2D eigenvalue weighted by Crippen LogP contribution is -2.29.